The smallest absolute Gasteiger partial charge is 0.232 e. The Kier molecular flexibility index (Phi) is 3.48. The monoisotopic (exact) mass is 195 g/mol. The van der Waals surface area contributed by atoms with Crippen LogP contribution < -0.4 is 0 Å². The minimum absolute atomic E-state index is 0.0144. The molecule has 14 heavy (non-hydrogen) atoms. The highest BCUT2D eigenvalue weighted by atomic mass is 16.4. The fourth-order valence-electron chi connectivity index (χ4n) is 0.870. The van der Waals surface area contributed by atoms with E-state index in [-0.39, 0.29) is 11.4 Å². The lowest BCUT2D eigenvalue weighted by molar-refractivity contribution is -0.0155. The molecular weight excluding hydrogens is 186 g/mol. The lowest BCUT2D eigenvalue weighted by Crippen LogP contribution is -2.22. The molecule has 0 fully saturated rings. The molecule has 0 radical (unpaired) electrons. The Morgan fingerprint density at radius 2 is 1.93 bits per heavy atom. The zero-order valence-corrected chi connectivity index (χ0v) is 7.20. The van der Waals surface area contributed by atoms with Gasteiger partial charge in [0.2, 0.25) is 5.82 Å². The summed E-state index contributed by atoms with van der Waals surface area (Å²) in [6.45, 7) is -0.554. The summed E-state index contributed by atoms with van der Waals surface area (Å²) in [5.74, 6) is -0.0144. The molecule has 1 rings (SSSR count). The SMILES string of the molecule is N#Cc1ncc(C(O)C(O)CO)cn1. The summed E-state index contributed by atoms with van der Waals surface area (Å²) in [6.07, 6.45) is -0.0521. The van der Waals surface area contributed by atoms with E-state index in [9.17, 15) is 5.11 Å². The van der Waals surface area contributed by atoms with Crippen LogP contribution in [-0.4, -0.2) is 38.0 Å². The molecule has 74 valence electrons. The van der Waals surface area contributed by atoms with Gasteiger partial charge in [-0.2, -0.15) is 5.26 Å². The second-order valence-electron chi connectivity index (χ2n) is 2.65. The summed E-state index contributed by atoms with van der Waals surface area (Å²) in [7, 11) is 0. The largest absolute Gasteiger partial charge is 0.394 e. The van der Waals surface area contributed by atoms with Gasteiger partial charge in [0.05, 0.1) is 6.61 Å². The first-order chi connectivity index (χ1) is 6.69. The third-order valence-corrected chi connectivity index (χ3v) is 1.66. The van der Waals surface area contributed by atoms with Crippen LogP contribution in [0.15, 0.2) is 12.4 Å². The van der Waals surface area contributed by atoms with E-state index in [0.29, 0.717) is 0 Å². The van der Waals surface area contributed by atoms with E-state index in [1.54, 1.807) is 6.07 Å². The van der Waals surface area contributed by atoms with Crippen molar-refractivity contribution in [3.63, 3.8) is 0 Å². The maximum atomic E-state index is 9.38. The van der Waals surface area contributed by atoms with Crippen LogP contribution in [0.2, 0.25) is 0 Å². The number of hydrogen-bond donors (Lipinski definition) is 3. The second kappa shape index (κ2) is 4.62. The van der Waals surface area contributed by atoms with Crippen molar-refractivity contribution in [3.05, 3.63) is 23.8 Å². The summed E-state index contributed by atoms with van der Waals surface area (Å²) < 4.78 is 0. The minimum atomic E-state index is -1.27. The lowest BCUT2D eigenvalue weighted by atomic mass is 10.1. The number of nitrogens with zero attached hydrogens (tertiary/aromatic N) is 3. The number of hydrogen-bond acceptors (Lipinski definition) is 6. The van der Waals surface area contributed by atoms with Crippen molar-refractivity contribution in [1.82, 2.24) is 9.97 Å². The number of aromatic nitrogens is 2. The quantitative estimate of drug-likeness (QED) is 0.555. The van der Waals surface area contributed by atoms with E-state index in [2.05, 4.69) is 9.97 Å². The van der Waals surface area contributed by atoms with Gasteiger partial charge in [-0.3, -0.25) is 0 Å². The molecule has 0 aromatic carbocycles. The predicted octanol–water partition coefficient (Wildman–Crippen LogP) is -1.27. The molecule has 0 saturated heterocycles. The molecule has 3 N–H and O–H groups in total. The van der Waals surface area contributed by atoms with Gasteiger partial charge >= 0.3 is 0 Å². The van der Waals surface area contributed by atoms with Crippen molar-refractivity contribution in [3.8, 4) is 6.07 Å². The first-order valence-electron chi connectivity index (χ1n) is 3.88. The fraction of sp³-hybridized carbons (Fsp3) is 0.375. The van der Waals surface area contributed by atoms with Gasteiger partial charge in [0.25, 0.3) is 0 Å². The first-order valence-corrected chi connectivity index (χ1v) is 3.88. The number of aliphatic hydroxyl groups excluding tert-OH is 3. The summed E-state index contributed by atoms with van der Waals surface area (Å²) in [4.78, 5) is 7.22. The van der Waals surface area contributed by atoms with Crippen LogP contribution in [0.1, 0.15) is 17.5 Å². The Bertz CT molecular complexity index is 333. The maximum Gasteiger partial charge on any atom is 0.232 e. The van der Waals surface area contributed by atoms with Crippen LogP contribution in [0.5, 0.6) is 0 Å². The molecule has 6 nitrogen and oxygen atoms in total. The van der Waals surface area contributed by atoms with Crippen molar-refractivity contribution in [2.24, 2.45) is 0 Å². The van der Waals surface area contributed by atoms with Gasteiger partial charge in [0, 0.05) is 18.0 Å². The zero-order valence-electron chi connectivity index (χ0n) is 7.20. The molecule has 0 bridgehead atoms. The predicted molar refractivity (Wildman–Crippen MR) is 44.8 cm³/mol. The first kappa shape index (κ1) is 10.5. The molecule has 0 aliphatic rings. The van der Waals surface area contributed by atoms with Crippen molar-refractivity contribution in [2.45, 2.75) is 12.2 Å². The molecule has 6 heteroatoms. The van der Waals surface area contributed by atoms with E-state index in [0.717, 1.165) is 0 Å². The Labute approximate surface area is 80.1 Å². The molecule has 0 aliphatic heterocycles. The van der Waals surface area contributed by atoms with Crippen molar-refractivity contribution < 1.29 is 15.3 Å². The third kappa shape index (κ3) is 2.23. The number of rotatable bonds is 3. The van der Waals surface area contributed by atoms with Gasteiger partial charge in [-0.1, -0.05) is 0 Å². The Morgan fingerprint density at radius 3 is 2.36 bits per heavy atom. The molecule has 0 spiro atoms. The van der Waals surface area contributed by atoms with Gasteiger partial charge in [-0.15, -0.1) is 0 Å². The topological polar surface area (TPSA) is 110 Å². The summed E-state index contributed by atoms with van der Waals surface area (Å²) in [5.41, 5.74) is 0.255. The molecule has 0 amide bonds. The average molecular weight is 195 g/mol. The molecule has 2 unspecified atom stereocenters. The van der Waals surface area contributed by atoms with Gasteiger partial charge in [0.15, 0.2) is 0 Å². The van der Waals surface area contributed by atoms with Crippen molar-refractivity contribution >= 4 is 0 Å². The summed E-state index contributed by atoms with van der Waals surface area (Å²) >= 11 is 0. The minimum Gasteiger partial charge on any atom is -0.394 e. The van der Waals surface area contributed by atoms with E-state index in [1.807, 2.05) is 0 Å². The van der Waals surface area contributed by atoms with Crippen LogP contribution in [-0.2, 0) is 0 Å². The molecule has 1 aromatic rings. The molecular formula is C8H9N3O3. The molecule has 1 heterocycles. The van der Waals surface area contributed by atoms with Crippen LogP contribution in [0, 0.1) is 11.3 Å². The van der Waals surface area contributed by atoms with Crippen LogP contribution in [0.25, 0.3) is 0 Å². The van der Waals surface area contributed by atoms with Gasteiger partial charge in [0.1, 0.15) is 18.3 Å². The molecule has 0 saturated carbocycles. The molecule has 1 aromatic heterocycles. The van der Waals surface area contributed by atoms with Crippen LogP contribution in [0.4, 0.5) is 0 Å². The zero-order chi connectivity index (χ0) is 10.6. The standard InChI is InChI=1S/C8H9N3O3/c9-1-7-10-2-5(3-11-7)8(14)6(13)4-12/h2-3,6,8,12-14H,4H2. The van der Waals surface area contributed by atoms with Crippen molar-refractivity contribution in [2.75, 3.05) is 6.61 Å². The van der Waals surface area contributed by atoms with Crippen molar-refractivity contribution in [1.29, 1.82) is 5.26 Å². The van der Waals surface area contributed by atoms with E-state index in [1.165, 1.54) is 12.4 Å². The second-order valence-corrected chi connectivity index (χ2v) is 2.65. The van der Waals surface area contributed by atoms with Crippen LogP contribution >= 0.6 is 0 Å². The Balaban J connectivity index is 2.82. The van der Waals surface area contributed by atoms with E-state index < -0.39 is 18.8 Å². The highest BCUT2D eigenvalue weighted by Gasteiger charge is 2.17. The molecule has 2 atom stereocenters. The lowest BCUT2D eigenvalue weighted by Gasteiger charge is -2.14. The van der Waals surface area contributed by atoms with Gasteiger partial charge in [-0.05, 0) is 0 Å². The number of aliphatic hydroxyl groups is 3. The Hall–Kier alpha value is -1.55. The normalized spacial score (nSPS) is 14.4. The van der Waals surface area contributed by atoms with Crippen LogP contribution in [0.3, 0.4) is 0 Å². The summed E-state index contributed by atoms with van der Waals surface area (Å²) in [5, 5.41) is 35.4. The van der Waals surface area contributed by atoms with E-state index in [4.69, 9.17) is 15.5 Å². The van der Waals surface area contributed by atoms with Gasteiger partial charge in [-0.25, -0.2) is 9.97 Å². The number of nitriles is 1. The maximum absolute atomic E-state index is 9.38. The third-order valence-electron chi connectivity index (χ3n) is 1.66. The molecule has 0 aliphatic carbocycles. The average Bonchev–Trinajstić information content (AvgIpc) is 2.27. The highest BCUT2D eigenvalue weighted by Crippen LogP contribution is 2.14. The fourth-order valence-corrected chi connectivity index (χ4v) is 0.870. The Morgan fingerprint density at radius 1 is 1.36 bits per heavy atom. The summed E-state index contributed by atoms with van der Waals surface area (Å²) in [6, 6.07) is 1.72. The van der Waals surface area contributed by atoms with E-state index >= 15 is 0 Å². The highest BCUT2D eigenvalue weighted by molar-refractivity contribution is 5.15. The van der Waals surface area contributed by atoms with Gasteiger partial charge < -0.3 is 15.3 Å².